The summed E-state index contributed by atoms with van der Waals surface area (Å²) in [6, 6.07) is 9.30. The number of anilines is 1. The van der Waals surface area contributed by atoms with E-state index in [0.717, 1.165) is 12.1 Å². The van der Waals surface area contributed by atoms with Gasteiger partial charge in [0, 0.05) is 22.9 Å². The summed E-state index contributed by atoms with van der Waals surface area (Å²) >= 11 is 3.12. The van der Waals surface area contributed by atoms with E-state index in [4.69, 9.17) is 5.73 Å². The van der Waals surface area contributed by atoms with Crippen LogP contribution in [0, 0.1) is 0 Å². The number of amides is 3. The number of benzene rings is 2. The van der Waals surface area contributed by atoms with E-state index in [1.165, 1.54) is 48.3 Å². The van der Waals surface area contributed by atoms with Crippen LogP contribution in [0.3, 0.4) is 0 Å². The van der Waals surface area contributed by atoms with Gasteiger partial charge in [0.2, 0.25) is 0 Å². The molecule has 3 amide bonds. The molecule has 172 valence electrons. The van der Waals surface area contributed by atoms with Crippen molar-refractivity contribution in [3.05, 3.63) is 70.2 Å². The number of halogens is 4. The number of nitrogens with one attached hydrogen (secondary N) is 2. The van der Waals surface area contributed by atoms with Crippen molar-refractivity contribution in [1.82, 2.24) is 14.9 Å². The van der Waals surface area contributed by atoms with E-state index in [1.54, 1.807) is 0 Å². The molecule has 0 saturated carbocycles. The van der Waals surface area contributed by atoms with E-state index in [-0.39, 0.29) is 21.4 Å². The van der Waals surface area contributed by atoms with Crippen molar-refractivity contribution in [3.8, 4) is 11.4 Å². The van der Waals surface area contributed by atoms with Crippen LogP contribution >= 0.6 is 15.9 Å². The van der Waals surface area contributed by atoms with E-state index < -0.39 is 29.8 Å². The fraction of sp³-hybridized carbons (Fsp3) is 0.100. The number of primary amides is 1. The third-order valence-electron chi connectivity index (χ3n) is 4.26. The van der Waals surface area contributed by atoms with Crippen molar-refractivity contribution >= 4 is 39.3 Å². The number of ether oxygens (including phenoxy) is 1. The molecule has 0 unspecified atom stereocenters. The summed E-state index contributed by atoms with van der Waals surface area (Å²) in [6.45, 7) is 0. The zero-order valence-electron chi connectivity index (χ0n) is 16.7. The monoisotopic (exact) mass is 525 g/mol. The van der Waals surface area contributed by atoms with Crippen molar-refractivity contribution in [3.63, 3.8) is 0 Å². The Balaban J connectivity index is 1.83. The fourth-order valence-electron chi connectivity index (χ4n) is 2.84. The Morgan fingerprint density at radius 3 is 2.33 bits per heavy atom. The highest BCUT2D eigenvalue weighted by Crippen LogP contribution is 2.28. The van der Waals surface area contributed by atoms with Crippen molar-refractivity contribution < 1.29 is 32.3 Å². The number of nitrogens with two attached hydrogens (primary N) is 1. The lowest BCUT2D eigenvalue weighted by atomic mass is 10.2. The van der Waals surface area contributed by atoms with Crippen molar-refractivity contribution in [2.75, 3.05) is 12.4 Å². The third kappa shape index (κ3) is 5.49. The van der Waals surface area contributed by atoms with Crippen LogP contribution in [0.25, 0.3) is 5.69 Å². The van der Waals surface area contributed by atoms with Gasteiger partial charge in [-0.2, -0.15) is 0 Å². The van der Waals surface area contributed by atoms with Crippen LogP contribution < -0.4 is 21.1 Å². The van der Waals surface area contributed by atoms with Gasteiger partial charge in [-0.15, -0.1) is 13.2 Å². The van der Waals surface area contributed by atoms with Crippen molar-refractivity contribution in [2.24, 2.45) is 5.73 Å². The predicted octanol–water partition coefficient (Wildman–Crippen LogP) is 3.24. The number of alkyl halides is 3. The normalized spacial score (nSPS) is 11.1. The molecule has 0 aliphatic rings. The molecule has 33 heavy (non-hydrogen) atoms. The van der Waals surface area contributed by atoms with Gasteiger partial charge in [-0.25, -0.2) is 4.98 Å². The fourth-order valence-corrected chi connectivity index (χ4v) is 3.27. The standard InChI is InChI=1S/C20H15BrF3N5O4/c1-26-19(32)15-16(17(25)30)29(9-27-15)11-4-2-10(3-5-11)28-18(31)13-8-12(6-7-14(13)21)33-20(22,23)24/h2-9H,1H3,(H2,25,30)(H,26,32)(H,28,31). The van der Waals surface area contributed by atoms with E-state index >= 15 is 0 Å². The van der Waals surface area contributed by atoms with Gasteiger partial charge in [-0.1, -0.05) is 0 Å². The molecule has 4 N–H and O–H groups in total. The molecule has 3 aromatic rings. The highest BCUT2D eigenvalue weighted by atomic mass is 79.9. The van der Waals surface area contributed by atoms with Gasteiger partial charge in [-0.05, 0) is 58.4 Å². The topological polar surface area (TPSA) is 128 Å². The number of imidazole rings is 1. The molecule has 1 heterocycles. The second-order valence-electron chi connectivity index (χ2n) is 6.45. The second kappa shape index (κ2) is 9.32. The Labute approximate surface area is 192 Å². The Kier molecular flexibility index (Phi) is 6.72. The maximum Gasteiger partial charge on any atom is 0.573 e. The van der Waals surface area contributed by atoms with Crippen LogP contribution in [0.15, 0.2) is 53.3 Å². The maximum atomic E-state index is 12.6. The van der Waals surface area contributed by atoms with Gasteiger partial charge < -0.3 is 21.1 Å². The summed E-state index contributed by atoms with van der Waals surface area (Å²) in [4.78, 5) is 40.2. The Hall–Kier alpha value is -3.87. The van der Waals surface area contributed by atoms with E-state index in [1.807, 2.05) is 0 Å². The van der Waals surface area contributed by atoms with Crippen LogP contribution in [-0.4, -0.2) is 40.7 Å². The Morgan fingerprint density at radius 2 is 1.76 bits per heavy atom. The van der Waals surface area contributed by atoms with E-state index in [2.05, 4.69) is 36.3 Å². The molecule has 9 nitrogen and oxygen atoms in total. The second-order valence-corrected chi connectivity index (χ2v) is 7.30. The van der Waals surface area contributed by atoms with Crippen LogP contribution in [0.2, 0.25) is 0 Å². The van der Waals surface area contributed by atoms with Gasteiger partial charge in [0.25, 0.3) is 17.7 Å². The minimum atomic E-state index is -4.90. The predicted molar refractivity (Wildman–Crippen MR) is 114 cm³/mol. The summed E-state index contributed by atoms with van der Waals surface area (Å²) in [5, 5.41) is 4.91. The van der Waals surface area contributed by atoms with Crippen LogP contribution in [0.4, 0.5) is 18.9 Å². The van der Waals surface area contributed by atoms with Gasteiger partial charge in [0.05, 0.1) is 5.56 Å². The molecule has 13 heteroatoms. The van der Waals surface area contributed by atoms with Gasteiger partial charge in [0.1, 0.15) is 17.8 Å². The number of rotatable bonds is 6. The number of aromatic nitrogens is 2. The van der Waals surface area contributed by atoms with E-state index in [0.29, 0.717) is 11.4 Å². The number of hydrogen-bond donors (Lipinski definition) is 3. The largest absolute Gasteiger partial charge is 0.573 e. The van der Waals surface area contributed by atoms with Crippen molar-refractivity contribution in [2.45, 2.75) is 6.36 Å². The SMILES string of the molecule is CNC(=O)c1ncn(-c2ccc(NC(=O)c3cc(OC(F)(F)F)ccc3Br)cc2)c1C(N)=O. The molecule has 0 aliphatic carbocycles. The highest BCUT2D eigenvalue weighted by molar-refractivity contribution is 9.10. The number of carbonyl (C=O) groups is 3. The summed E-state index contributed by atoms with van der Waals surface area (Å²) in [7, 11) is 1.38. The molecule has 3 rings (SSSR count). The summed E-state index contributed by atoms with van der Waals surface area (Å²) < 4.78 is 42.8. The Bertz CT molecular complexity index is 1230. The van der Waals surface area contributed by atoms with Gasteiger partial charge in [0.15, 0.2) is 5.69 Å². The zero-order chi connectivity index (χ0) is 24.3. The first kappa shape index (κ1) is 23.8. The Morgan fingerprint density at radius 1 is 1.09 bits per heavy atom. The molecule has 0 atom stereocenters. The minimum Gasteiger partial charge on any atom is -0.406 e. The highest BCUT2D eigenvalue weighted by Gasteiger charge is 2.31. The molecule has 0 saturated heterocycles. The average Bonchev–Trinajstić information content (AvgIpc) is 3.19. The third-order valence-corrected chi connectivity index (χ3v) is 4.95. The van der Waals surface area contributed by atoms with E-state index in [9.17, 15) is 27.6 Å². The quantitative estimate of drug-likeness (QED) is 0.455. The number of nitrogens with zero attached hydrogens (tertiary/aromatic N) is 2. The lowest BCUT2D eigenvalue weighted by molar-refractivity contribution is -0.274. The lowest BCUT2D eigenvalue weighted by Gasteiger charge is -2.12. The summed E-state index contributed by atoms with van der Waals surface area (Å²) in [6.07, 6.45) is -3.65. The van der Waals surface area contributed by atoms with Crippen LogP contribution in [-0.2, 0) is 0 Å². The number of hydrogen-bond acceptors (Lipinski definition) is 5. The number of carbonyl (C=O) groups excluding carboxylic acids is 3. The summed E-state index contributed by atoms with van der Waals surface area (Å²) in [5.41, 5.74) is 5.77. The first-order valence-corrected chi connectivity index (χ1v) is 9.85. The molecule has 0 aliphatic heterocycles. The lowest BCUT2D eigenvalue weighted by Crippen LogP contribution is -2.25. The molecular weight excluding hydrogens is 511 g/mol. The molecule has 0 radical (unpaired) electrons. The molecule has 1 aromatic heterocycles. The maximum absolute atomic E-state index is 12.6. The molecule has 0 spiro atoms. The average molecular weight is 526 g/mol. The zero-order valence-corrected chi connectivity index (χ0v) is 18.3. The summed E-state index contributed by atoms with van der Waals surface area (Å²) in [5.74, 6) is -2.69. The van der Waals surface area contributed by atoms with Gasteiger partial charge >= 0.3 is 6.36 Å². The molecular formula is C20H15BrF3N5O4. The first-order valence-electron chi connectivity index (χ1n) is 9.06. The van der Waals surface area contributed by atoms with Crippen LogP contribution in [0.1, 0.15) is 31.3 Å². The molecule has 2 aromatic carbocycles. The molecule has 0 fully saturated rings. The van der Waals surface area contributed by atoms with Crippen LogP contribution in [0.5, 0.6) is 5.75 Å². The van der Waals surface area contributed by atoms with Gasteiger partial charge in [-0.3, -0.25) is 19.0 Å². The first-order chi connectivity index (χ1) is 15.5. The minimum absolute atomic E-state index is 0.0818. The van der Waals surface area contributed by atoms with Crippen molar-refractivity contribution in [1.29, 1.82) is 0 Å². The molecule has 0 bridgehead atoms. The smallest absolute Gasteiger partial charge is 0.406 e.